The SMILES string of the molecule is COC(=O)N=C1C=CC(C)(O)C=C1. The van der Waals surface area contributed by atoms with Crippen molar-refractivity contribution in [3.63, 3.8) is 0 Å². The first-order chi connectivity index (χ1) is 6.03. The predicted octanol–water partition coefficient (Wildman–Crippen LogP) is 1.07. The fraction of sp³-hybridized carbons (Fsp3) is 0.333. The van der Waals surface area contributed by atoms with Crippen LogP contribution in [-0.4, -0.2) is 29.6 Å². The molecular weight excluding hydrogens is 170 g/mol. The number of carbonyl (C=O) groups is 1. The van der Waals surface area contributed by atoms with Gasteiger partial charge in [0.1, 0.15) is 0 Å². The normalized spacial score (nSPS) is 25.9. The Hall–Kier alpha value is -1.42. The molecule has 0 radical (unpaired) electrons. The third kappa shape index (κ3) is 2.83. The minimum atomic E-state index is -0.949. The van der Waals surface area contributed by atoms with Crippen molar-refractivity contribution in [2.75, 3.05) is 7.11 Å². The smallest absolute Gasteiger partial charge is 0.433 e. The summed E-state index contributed by atoms with van der Waals surface area (Å²) in [4.78, 5) is 14.3. The van der Waals surface area contributed by atoms with Crippen LogP contribution in [0.25, 0.3) is 0 Å². The molecular formula is C9H11NO3. The van der Waals surface area contributed by atoms with E-state index in [1.54, 1.807) is 31.2 Å². The lowest BCUT2D eigenvalue weighted by molar-refractivity contribution is 0.163. The van der Waals surface area contributed by atoms with Gasteiger partial charge in [0, 0.05) is 0 Å². The van der Waals surface area contributed by atoms with E-state index < -0.39 is 11.7 Å². The van der Waals surface area contributed by atoms with Gasteiger partial charge in [-0.2, -0.15) is 4.99 Å². The Balaban J connectivity index is 2.75. The van der Waals surface area contributed by atoms with Crippen LogP contribution < -0.4 is 0 Å². The minimum Gasteiger partial charge on any atom is -0.451 e. The molecule has 0 saturated heterocycles. The lowest BCUT2D eigenvalue weighted by atomic mass is 10.00. The number of aliphatic imine (C=N–C) groups is 1. The van der Waals surface area contributed by atoms with Gasteiger partial charge in [0.05, 0.1) is 18.4 Å². The Labute approximate surface area is 76.2 Å². The summed E-state index contributed by atoms with van der Waals surface area (Å²) in [7, 11) is 1.26. The zero-order valence-electron chi connectivity index (χ0n) is 7.52. The van der Waals surface area contributed by atoms with Crippen molar-refractivity contribution < 1.29 is 14.6 Å². The molecule has 0 bridgehead atoms. The molecule has 0 saturated carbocycles. The average Bonchev–Trinajstić information content (AvgIpc) is 2.08. The van der Waals surface area contributed by atoms with Gasteiger partial charge in [-0.15, -0.1) is 0 Å². The second-order valence-electron chi connectivity index (χ2n) is 2.90. The van der Waals surface area contributed by atoms with Crippen molar-refractivity contribution in [2.24, 2.45) is 4.99 Å². The molecule has 1 aliphatic carbocycles. The van der Waals surface area contributed by atoms with Crippen molar-refractivity contribution in [2.45, 2.75) is 12.5 Å². The summed E-state index contributed by atoms with van der Waals surface area (Å²) < 4.78 is 4.35. The highest BCUT2D eigenvalue weighted by Crippen LogP contribution is 2.12. The number of hydrogen-bond acceptors (Lipinski definition) is 3. The Morgan fingerprint density at radius 3 is 2.54 bits per heavy atom. The molecule has 0 aromatic rings. The molecule has 1 N–H and O–H groups in total. The molecule has 0 fully saturated rings. The lowest BCUT2D eigenvalue weighted by Gasteiger charge is -2.16. The molecule has 0 aromatic carbocycles. The van der Waals surface area contributed by atoms with E-state index in [1.165, 1.54) is 7.11 Å². The highest BCUT2D eigenvalue weighted by molar-refractivity contribution is 6.09. The van der Waals surface area contributed by atoms with E-state index in [-0.39, 0.29) is 0 Å². The van der Waals surface area contributed by atoms with Crippen LogP contribution in [0.2, 0.25) is 0 Å². The number of ether oxygens (including phenoxy) is 1. The molecule has 1 amide bonds. The van der Waals surface area contributed by atoms with Crippen molar-refractivity contribution in [3.8, 4) is 0 Å². The molecule has 0 aliphatic heterocycles. The number of nitrogens with zero attached hydrogens (tertiary/aromatic N) is 1. The maximum Gasteiger partial charge on any atom is 0.433 e. The average molecular weight is 181 g/mol. The van der Waals surface area contributed by atoms with Crippen LogP contribution in [0.4, 0.5) is 4.79 Å². The van der Waals surface area contributed by atoms with Gasteiger partial charge in [0.25, 0.3) is 0 Å². The van der Waals surface area contributed by atoms with Gasteiger partial charge < -0.3 is 9.84 Å². The van der Waals surface area contributed by atoms with Crippen molar-refractivity contribution in [1.82, 2.24) is 0 Å². The predicted molar refractivity (Wildman–Crippen MR) is 48.7 cm³/mol. The van der Waals surface area contributed by atoms with Gasteiger partial charge in [0.15, 0.2) is 0 Å². The van der Waals surface area contributed by atoms with Gasteiger partial charge in [-0.1, -0.05) is 0 Å². The molecule has 0 unspecified atom stereocenters. The lowest BCUT2D eigenvalue weighted by Crippen LogP contribution is -2.20. The summed E-state index contributed by atoms with van der Waals surface area (Å²) in [6.45, 7) is 1.63. The molecule has 70 valence electrons. The van der Waals surface area contributed by atoms with E-state index in [0.717, 1.165) is 0 Å². The van der Waals surface area contributed by atoms with Gasteiger partial charge in [-0.3, -0.25) is 0 Å². The Bertz CT molecular complexity index is 282. The number of allylic oxidation sites excluding steroid dienone is 2. The first-order valence-corrected chi connectivity index (χ1v) is 3.81. The topological polar surface area (TPSA) is 58.9 Å². The van der Waals surface area contributed by atoms with Crippen LogP contribution in [0.5, 0.6) is 0 Å². The second-order valence-corrected chi connectivity index (χ2v) is 2.90. The number of hydrogen-bond donors (Lipinski definition) is 1. The second kappa shape index (κ2) is 3.53. The van der Waals surface area contributed by atoms with Crippen LogP contribution in [-0.2, 0) is 4.74 Å². The van der Waals surface area contributed by atoms with Crippen molar-refractivity contribution in [1.29, 1.82) is 0 Å². The van der Waals surface area contributed by atoms with Gasteiger partial charge in [0.2, 0.25) is 0 Å². The molecule has 1 rings (SSSR count). The Morgan fingerprint density at radius 1 is 1.54 bits per heavy atom. The molecule has 0 heterocycles. The highest BCUT2D eigenvalue weighted by atomic mass is 16.5. The van der Waals surface area contributed by atoms with E-state index >= 15 is 0 Å². The summed E-state index contributed by atoms with van der Waals surface area (Å²) in [5.41, 5.74) is -0.479. The van der Waals surface area contributed by atoms with Gasteiger partial charge in [-0.25, -0.2) is 4.79 Å². The Kier molecular flexibility index (Phi) is 2.63. The summed E-state index contributed by atoms with van der Waals surface area (Å²) in [6.07, 6.45) is 5.59. The zero-order valence-corrected chi connectivity index (χ0v) is 7.52. The number of aliphatic hydroxyl groups is 1. The summed E-state index contributed by atoms with van der Waals surface area (Å²) >= 11 is 0. The third-order valence-electron chi connectivity index (χ3n) is 1.58. The van der Waals surface area contributed by atoms with Crippen molar-refractivity contribution in [3.05, 3.63) is 24.3 Å². The molecule has 1 aliphatic rings. The first kappa shape index (κ1) is 9.67. The first-order valence-electron chi connectivity index (χ1n) is 3.81. The summed E-state index contributed by atoms with van der Waals surface area (Å²) in [5.74, 6) is 0. The summed E-state index contributed by atoms with van der Waals surface area (Å²) in [6, 6.07) is 0. The molecule has 0 spiro atoms. The monoisotopic (exact) mass is 181 g/mol. The highest BCUT2D eigenvalue weighted by Gasteiger charge is 2.15. The maximum atomic E-state index is 10.7. The van der Waals surface area contributed by atoms with Gasteiger partial charge in [-0.05, 0) is 31.2 Å². The van der Waals surface area contributed by atoms with Crippen LogP contribution in [0, 0.1) is 0 Å². The Morgan fingerprint density at radius 2 is 2.08 bits per heavy atom. The molecule has 13 heavy (non-hydrogen) atoms. The zero-order chi connectivity index (χ0) is 9.90. The van der Waals surface area contributed by atoms with E-state index in [0.29, 0.717) is 5.71 Å². The van der Waals surface area contributed by atoms with Crippen LogP contribution >= 0.6 is 0 Å². The summed E-state index contributed by atoms with van der Waals surface area (Å²) in [5, 5.41) is 9.44. The number of amides is 1. The molecule has 4 nitrogen and oxygen atoms in total. The maximum absolute atomic E-state index is 10.7. The van der Waals surface area contributed by atoms with Gasteiger partial charge >= 0.3 is 6.09 Å². The van der Waals surface area contributed by atoms with E-state index in [1.807, 2.05) is 0 Å². The third-order valence-corrected chi connectivity index (χ3v) is 1.58. The van der Waals surface area contributed by atoms with E-state index in [4.69, 9.17) is 0 Å². The largest absolute Gasteiger partial charge is 0.451 e. The fourth-order valence-corrected chi connectivity index (χ4v) is 0.845. The molecule has 0 atom stereocenters. The van der Waals surface area contributed by atoms with E-state index in [9.17, 15) is 9.90 Å². The molecule has 0 aromatic heterocycles. The van der Waals surface area contributed by atoms with Crippen LogP contribution in [0.1, 0.15) is 6.92 Å². The standard InChI is InChI=1S/C9H11NO3/c1-9(12)5-3-7(4-6-9)10-8(11)13-2/h3-6,12H,1-2H3. The van der Waals surface area contributed by atoms with Crippen LogP contribution in [0.3, 0.4) is 0 Å². The minimum absolute atomic E-state index is 0.471. The number of carbonyl (C=O) groups excluding carboxylic acids is 1. The number of methoxy groups -OCH3 is 1. The fourth-order valence-electron chi connectivity index (χ4n) is 0.845. The quantitative estimate of drug-likeness (QED) is 0.608. The van der Waals surface area contributed by atoms with Crippen LogP contribution in [0.15, 0.2) is 29.3 Å². The van der Waals surface area contributed by atoms with Crippen molar-refractivity contribution >= 4 is 11.8 Å². The molecule has 4 heteroatoms. The van der Waals surface area contributed by atoms with E-state index in [2.05, 4.69) is 9.73 Å². The number of rotatable bonds is 0.